The summed E-state index contributed by atoms with van der Waals surface area (Å²) in [6, 6.07) is 1.80. The first-order valence-corrected chi connectivity index (χ1v) is 6.82. The van der Waals surface area contributed by atoms with Gasteiger partial charge < -0.3 is 5.73 Å². The molecule has 0 amide bonds. The quantitative estimate of drug-likeness (QED) is 0.757. The lowest BCUT2D eigenvalue weighted by molar-refractivity contribution is 0.572. The summed E-state index contributed by atoms with van der Waals surface area (Å²) >= 11 is 0. The van der Waals surface area contributed by atoms with Crippen LogP contribution < -0.4 is 5.73 Å². The summed E-state index contributed by atoms with van der Waals surface area (Å²) in [5, 5.41) is 4.02. The Bertz CT molecular complexity index is 397. The summed E-state index contributed by atoms with van der Waals surface area (Å²) in [6.45, 7) is 2.63. The maximum Gasteiger partial charge on any atom is 0.152 e. The Kier molecular flexibility index (Phi) is 4.28. The van der Waals surface area contributed by atoms with Gasteiger partial charge in [0.05, 0.1) is 18.0 Å². The molecule has 86 valence electrons. The smallest absolute Gasteiger partial charge is 0.152 e. The Morgan fingerprint density at radius 3 is 2.80 bits per heavy atom. The normalized spacial score (nSPS) is 11.9. The molecule has 2 N–H and O–H groups in total. The summed E-state index contributed by atoms with van der Waals surface area (Å²) < 4.78 is 24.6. The van der Waals surface area contributed by atoms with Crippen molar-refractivity contribution in [2.45, 2.75) is 26.4 Å². The lowest BCUT2D eigenvalue weighted by Crippen LogP contribution is -2.18. The second kappa shape index (κ2) is 5.27. The molecule has 6 heteroatoms. The van der Waals surface area contributed by atoms with Crippen LogP contribution in [0.5, 0.6) is 0 Å². The number of sulfone groups is 1. The third-order valence-electron chi connectivity index (χ3n) is 2.14. The van der Waals surface area contributed by atoms with Crippen LogP contribution in [0.4, 0.5) is 0 Å². The van der Waals surface area contributed by atoms with Crippen molar-refractivity contribution >= 4 is 9.84 Å². The number of aryl methyl sites for hydroxylation is 1. The molecule has 0 aliphatic heterocycles. The highest BCUT2D eigenvalue weighted by atomic mass is 32.2. The van der Waals surface area contributed by atoms with Crippen LogP contribution in [-0.2, 0) is 22.9 Å². The van der Waals surface area contributed by atoms with Crippen LogP contribution in [0.15, 0.2) is 12.3 Å². The van der Waals surface area contributed by atoms with Gasteiger partial charge in [-0.15, -0.1) is 0 Å². The molecule has 0 atom stereocenters. The van der Waals surface area contributed by atoms with Gasteiger partial charge in [0.25, 0.3) is 0 Å². The van der Waals surface area contributed by atoms with Crippen molar-refractivity contribution in [2.75, 3.05) is 11.5 Å². The van der Waals surface area contributed by atoms with E-state index >= 15 is 0 Å². The van der Waals surface area contributed by atoms with Crippen molar-refractivity contribution in [1.29, 1.82) is 0 Å². The molecule has 0 saturated heterocycles. The SMILES string of the molecule is CCCS(=O)(=O)CCn1nccc1CN. The predicted molar refractivity (Wildman–Crippen MR) is 59.1 cm³/mol. The Hall–Kier alpha value is -0.880. The summed E-state index contributed by atoms with van der Waals surface area (Å²) in [4.78, 5) is 0. The molecule has 1 heterocycles. The summed E-state index contributed by atoms with van der Waals surface area (Å²) in [7, 11) is -2.93. The molecule has 5 nitrogen and oxygen atoms in total. The van der Waals surface area contributed by atoms with E-state index in [4.69, 9.17) is 5.73 Å². The van der Waals surface area contributed by atoms with Crippen LogP contribution in [0.2, 0.25) is 0 Å². The molecule has 15 heavy (non-hydrogen) atoms. The van der Waals surface area contributed by atoms with E-state index in [-0.39, 0.29) is 11.5 Å². The van der Waals surface area contributed by atoms with Crippen LogP contribution in [0.25, 0.3) is 0 Å². The zero-order chi connectivity index (χ0) is 11.3. The number of rotatable bonds is 6. The number of nitrogens with two attached hydrogens (primary N) is 1. The molecule has 0 aliphatic rings. The maximum absolute atomic E-state index is 11.5. The first-order chi connectivity index (χ1) is 7.09. The van der Waals surface area contributed by atoms with Gasteiger partial charge >= 0.3 is 0 Å². The monoisotopic (exact) mass is 231 g/mol. The average Bonchev–Trinajstić information content (AvgIpc) is 2.62. The van der Waals surface area contributed by atoms with Crippen LogP contribution in [-0.4, -0.2) is 29.7 Å². The van der Waals surface area contributed by atoms with Gasteiger partial charge in [0.2, 0.25) is 0 Å². The third kappa shape index (κ3) is 3.64. The van der Waals surface area contributed by atoms with E-state index in [0.29, 0.717) is 19.5 Å². The topological polar surface area (TPSA) is 78.0 Å². The number of aromatic nitrogens is 2. The Labute approximate surface area is 90.2 Å². The molecule has 0 bridgehead atoms. The fourth-order valence-corrected chi connectivity index (χ4v) is 2.65. The van der Waals surface area contributed by atoms with Gasteiger partial charge in [-0.1, -0.05) is 6.92 Å². The second-order valence-corrected chi connectivity index (χ2v) is 5.71. The molecule has 1 rings (SSSR count). The van der Waals surface area contributed by atoms with E-state index < -0.39 is 9.84 Å². The van der Waals surface area contributed by atoms with E-state index in [1.165, 1.54) is 0 Å². The van der Waals surface area contributed by atoms with Gasteiger partial charge in [-0.05, 0) is 12.5 Å². The van der Waals surface area contributed by atoms with Gasteiger partial charge in [0.1, 0.15) is 0 Å². The van der Waals surface area contributed by atoms with E-state index in [0.717, 1.165) is 5.69 Å². The van der Waals surface area contributed by atoms with Crippen molar-refractivity contribution in [3.63, 3.8) is 0 Å². The lowest BCUT2D eigenvalue weighted by atomic mass is 10.4. The van der Waals surface area contributed by atoms with Crippen LogP contribution >= 0.6 is 0 Å². The van der Waals surface area contributed by atoms with Crippen molar-refractivity contribution in [3.8, 4) is 0 Å². The highest BCUT2D eigenvalue weighted by Gasteiger charge is 2.10. The second-order valence-electron chi connectivity index (χ2n) is 3.40. The van der Waals surface area contributed by atoms with Crippen molar-refractivity contribution in [2.24, 2.45) is 5.73 Å². The minimum Gasteiger partial charge on any atom is -0.325 e. The van der Waals surface area contributed by atoms with Gasteiger partial charge in [-0.25, -0.2) is 8.42 Å². The Morgan fingerprint density at radius 2 is 2.20 bits per heavy atom. The minimum atomic E-state index is -2.93. The first-order valence-electron chi connectivity index (χ1n) is 5.00. The zero-order valence-electron chi connectivity index (χ0n) is 8.89. The molecule has 0 fully saturated rings. The molecule has 0 spiro atoms. The maximum atomic E-state index is 11.5. The van der Waals surface area contributed by atoms with Crippen LogP contribution in [0.1, 0.15) is 19.0 Å². The van der Waals surface area contributed by atoms with Crippen molar-refractivity contribution < 1.29 is 8.42 Å². The number of hydrogen-bond donors (Lipinski definition) is 1. The van der Waals surface area contributed by atoms with Crippen LogP contribution in [0.3, 0.4) is 0 Å². The zero-order valence-corrected chi connectivity index (χ0v) is 9.70. The lowest BCUT2D eigenvalue weighted by Gasteiger charge is -2.06. The Balaban J connectivity index is 2.57. The van der Waals surface area contributed by atoms with E-state index in [9.17, 15) is 8.42 Å². The largest absolute Gasteiger partial charge is 0.325 e. The van der Waals surface area contributed by atoms with Gasteiger partial charge in [0.15, 0.2) is 9.84 Å². The molecule has 1 aromatic heterocycles. The molecule has 0 unspecified atom stereocenters. The number of hydrogen-bond acceptors (Lipinski definition) is 4. The summed E-state index contributed by atoms with van der Waals surface area (Å²) in [5.41, 5.74) is 6.35. The van der Waals surface area contributed by atoms with E-state index in [2.05, 4.69) is 5.10 Å². The summed E-state index contributed by atoms with van der Waals surface area (Å²) in [6.07, 6.45) is 2.29. The predicted octanol–water partition coefficient (Wildman–Crippen LogP) is 0.167. The summed E-state index contributed by atoms with van der Waals surface area (Å²) in [5.74, 6) is 0.377. The average molecular weight is 231 g/mol. The molecule has 0 aliphatic carbocycles. The van der Waals surface area contributed by atoms with Crippen LogP contribution in [0, 0.1) is 0 Å². The van der Waals surface area contributed by atoms with E-state index in [1.807, 2.05) is 6.92 Å². The van der Waals surface area contributed by atoms with Gasteiger partial charge in [-0.2, -0.15) is 5.10 Å². The number of nitrogens with zero attached hydrogens (tertiary/aromatic N) is 2. The van der Waals surface area contributed by atoms with Crippen molar-refractivity contribution in [1.82, 2.24) is 9.78 Å². The fraction of sp³-hybridized carbons (Fsp3) is 0.667. The highest BCUT2D eigenvalue weighted by molar-refractivity contribution is 7.91. The van der Waals surface area contributed by atoms with E-state index in [1.54, 1.807) is 16.9 Å². The standard InChI is InChI=1S/C9H17N3O2S/c1-2-6-15(13,14)7-5-12-9(8-10)3-4-11-12/h3-4H,2,5-8,10H2,1H3. The molecular formula is C9H17N3O2S. The molecule has 0 aromatic carbocycles. The Morgan fingerprint density at radius 1 is 1.47 bits per heavy atom. The third-order valence-corrected chi connectivity index (χ3v) is 3.98. The van der Waals surface area contributed by atoms with Crippen molar-refractivity contribution in [3.05, 3.63) is 18.0 Å². The molecule has 0 saturated carbocycles. The minimum absolute atomic E-state index is 0.134. The molecular weight excluding hydrogens is 214 g/mol. The van der Waals surface area contributed by atoms with Gasteiger partial charge in [0, 0.05) is 18.5 Å². The first kappa shape index (κ1) is 12.2. The fourth-order valence-electron chi connectivity index (χ4n) is 1.37. The highest BCUT2D eigenvalue weighted by Crippen LogP contribution is 2.00. The molecule has 0 radical (unpaired) electrons. The van der Waals surface area contributed by atoms with Gasteiger partial charge in [-0.3, -0.25) is 4.68 Å². The molecule has 1 aromatic rings.